The predicted octanol–water partition coefficient (Wildman–Crippen LogP) is 5.76. The maximum absolute atomic E-state index is 13.7. The smallest absolute Gasteiger partial charge is 0.316 e. The third-order valence-corrected chi connectivity index (χ3v) is 6.55. The molecule has 1 N–H and O–H groups in total. The SMILES string of the molecule is CCCOCCC.CCOc1ncc(C(CNC(=O)c2cccc3nc(C)ccc23)N2CCC(F)(F)CC2)cn1. The highest BCUT2D eigenvalue weighted by Gasteiger charge is 2.37. The number of amides is 1. The Labute approximate surface area is 235 Å². The monoisotopic (exact) mass is 557 g/mol. The topological polar surface area (TPSA) is 89.5 Å². The maximum Gasteiger partial charge on any atom is 0.316 e. The molecule has 1 fully saturated rings. The molecule has 2 aromatic heterocycles. The third kappa shape index (κ3) is 9.16. The van der Waals surface area contributed by atoms with Gasteiger partial charge in [0.2, 0.25) is 0 Å². The number of hydrogen-bond donors (Lipinski definition) is 1. The number of ether oxygens (including phenoxy) is 2. The number of nitrogens with one attached hydrogen (secondary N) is 1. The van der Waals surface area contributed by atoms with Crippen LogP contribution in [-0.4, -0.2) is 71.1 Å². The van der Waals surface area contributed by atoms with Gasteiger partial charge in [0.15, 0.2) is 0 Å². The molecule has 1 amide bonds. The first kappa shape index (κ1) is 31.3. The van der Waals surface area contributed by atoms with Crippen molar-refractivity contribution in [2.75, 3.05) is 39.5 Å². The molecule has 218 valence electrons. The van der Waals surface area contributed by atoms with E-state index in [2.05, 4.69) is 34.1 Å². The van der Waals surface area contributed by atoms with Gasteiger partial charge in [-0.25, -0.2) is 18.7 Å². The van der Waals surface area contributed by atoms with Gasteiger partial charge in [-0.1, -0.05) is 26.0 Å². The average Bonchev–Trinajstić information content (AvgIpc) is 2.95. The van der Waals surface area contributed by atoms with Gasteiger partial charge < -0.3 is 14.8 Å². The molecular formula is C30H41F2N5O3. The normalized spacial score (nSPS) is 15.7. The first-order chi connectivity index (χ1) is 19.3. The minimum Gasteiger partial charge on any atom is -0.464 e. The number of nitrogens with zero attached hydrogens (tertiary/aromatic N) is 4. The van der Waals surface area contributed by atoms with Crippen LogP contribution in [0.4, 0.5) is 8.78 Å². The van der Waals surface area contributed by atoms with Crippen LogP contribution in [0.5, 0.6) is 6.01 Å². The number of pyridine rings is 1. The van der Waals surface area contributed by atoms with Gasteiger partial charge in [0.25, 0.3) is 11.8 Å². The van der Waals surface area contributed by atoms with Gasteiger partial charge in [-0.2, -0.15) is 0 Å². The number of likely N-dealkylation sites (tertiary alicyclic amines) is 1. The predicted molar refractivity (Wildman–Crippen MR) is 152 cm³/mol. The van der Waals surface area contributed by atoms with E-state index in [1.165, 1.54) is 0 Å². The molecule has 0 aliphatic carbocycles. The third-order valence-electron chi connectivity index (χ3n) is 6.55. The standard InChI is InChI=1S/C24H27F2N5O2.C6H14O/c1-3-33-23-28-13-17(14-29-23)21(31-11-9-24(25,26)10-12-31)15-27-22(32)19-5-4-6-20-18(19)8-7-16(2)30-20;1-3-5-7-6-4-2/h4-8,13-14,21H,3,9-12,15H2,1-2H3,(H,27,32);3-6H2,1-2H3. The summed E-state index contributed by atoms with van der Waals surface area (Å²) in [4.78, 5) is 27.9. The van der Waals surface area contributed by atoms with Crippen molar-refractivity contribution in [2.45, 2.75) is 65.3 Å². The average molecular weight is 558 g/mol. The van der Waals surface area contributed by atoms with E-state index in [0.29, 0.717) is 12.2 Å². The van der Waals surface area contributed by atoms with Crippen molar-refractivity contribution in [1.82, 2.24) is 25.2 Å². The Morgan fingerprint density at radius 3 is 2.35 bits per heavy atom. The number of hydrogen-bond acceptors (Lipinski definition) is 7. The van der Waals surface area contributed by atoms with Gasteiger partial charge in [-0.3, -0.25) is 14.7 Å². The summed E-state index contributed by atoms with van der Waals surface area (Å²) in [7, 11) is 0. The van der Waals surface area contributed by atoms with Gasteiger partial charge in [0.1, 0.15) is 0 Å². The highest BCUT2D eigenvalue weighted by atomic mass is 19.3. The van der Waals surface area contributed by atoms with Crippen LogP contribution in [0.15, 0.2) is 42.7 Å². The molecule has 0 spiro atoms. The Morgan fingerprint density at radius 1 is 1.05 bits per heavy atom. The molecule has 0 bridgehead atoms. The Bertz CT molecular complexity index is 1200. The van der Waals surface area contributed by atoms with Gasteiger partial charge in [-0.05, 0) is 44.9 Å². The van der Waals surface area contributed by atoms with Crippen LogP contribution >= 0.6 is 0 Å². The van der Waals surface area contributed by atoms with Gasteiger partial charge in [-0.15, -0.1) is 0 Å². The summed E-state index contributed by atoms with van der Waals surface area (Å²) in [5, 5.41) is 3.74. The Morgan fingerprint density at radius 2 is 1.73 bits per heavy atom. The zero-order valence-corrected chi connectivity index (χ0v) is 24.0. The summed E-state index contributed by atoms with van der Waals surface area (Å²) in [6.45, 7) is 11.0. The van der Waals surface area contributed by atoms with E-state index >= 15 is 0 Å². The number of halogens is 2. The molecule has 40 heavy (non-hydrogen) atoms. The van der Waals surface area contributed by atoms with E-state index in [4.69, 9.17) is 9.47 Å². The molecule has 1 atom stereocenters. The fourth-order valence-corrected chi connectivity index (χ4v) is 4.45. The van der Waals surface area contributed by atoms with Gasteiger partial charge in [0.05, 0.1) is 18.2 Å². The Hall–Kier alpha value is -3.24. The number of alkyl halides is 2. The molecule has 1 unspecified atom stereocenters. The minimum atomic E-state index is -2.66. The number of aryl methyl sites for hydroxylation is 1. The summed E-state index contributed by atoms with van der Waals surface area (Å²) in [6.07, 6.45) is 5.10. The lowest BCUT2D eigenvalue weighted by Crippen LogP contribution is -2.45. The first-order valence-corrected chi connectivity index (χ1v) is 14.1. The molecule has 10 heteroatoms. The highest BCUT2D eigenvalue weighted by molar-refractivity contribution is 6.06. The van der Waals surface area contributed by atoms with E-state index in [1.54, 1.807) is 24.5 Å². The van der Waals surface area contributed by atoms with Crippen LogP contribution in [-0.2, 0) is 4.74 Å². The van der Waals surface area contributed by atoms with Crippen LogP contribution in [0.1, 0.15) is 74.1 Å². The highest BCUT2D eigenvalue weighted by Crippen LogP contribution is 2.32. The first-order valence-electron chi connectivity index (χ1n) is 14.1. The summed E-state index contributed by atoms with van der Waals surface area (Å²) in [5.41, 5.74) is 2.88. The van der Waals surface area contributed by atoms with Gasteiger partial charge in [0, 0.05) is 80.3 Å². The summed E-state index contributed by atoms with van der Waals surface area (Å²) in [5.74, 6) is -2.90. The molecule has 3 aromatic rings. The van der Waals surface area contributed by atoms with Crippen molar-refractivity contribution >= 4 is 16.8 Å². The van der Waals surface area contributed by atoms with Crippen LogP contribution in [0.3, 0.4) is 0 Å². The second-order valence-electron chi connectivity index (χ2n) is 9.79. The van der Waals surface area contributed by atoms with E-state index < -0.39 is 5.92 Å². The van der Waals surface area contributed by atoms with Crippen molar-refractivity contribution in [1.29, 1.82) is 0 Å². The summed E-state index contributed by atoms with van der Waals surface area (Å²) >= 11 is 0. The summed E-state index contributed by atoms with van der Waals surface area (Å²) in [6, 6.07) is 9.10. The maximum atomic E-state index is 13.7. The van der Waals surface area contributed by atoms with Crippen LogP contribution < -0.4 is 10.1 Å². The van der Waals surface area contributed by atoms with Crippen LogP contribution in [0.25, 0.3) is 10.9 Å². The Kier molecular flexibility index (Phi) is 12.1. The second-order valence-corrected chi connectivity index (χ2v) is 9.79. The lowest BCUT2D eigenvalue weighted by molar-refractivity contribution is -0.0632. The fourth-order valence-electron chi connectivity index (χ4n) is 4.45. The van der Waals surface area contributed by atoms with Crippen LogP contribution in [0, 0.1) is 6.92 Å². The van der Waals surface area contributed by atoms with Crippen molar-refractivity contribution < 1.29 is 23.0 Å². The zero-order chi connectivity index (χ0) is 29.0. The van der Waals surface area contributed by atoms with E-state index in [0.717, 1.165) is 48.2 Å². The van der Waals surface area contributed by atoms with E-state index in [1.807, 2.05) is 36.9 Å². The van der Waals surface area contributed by atoms with Crippen molar-refractivity contribution in [3.8, 4) is 6.01 Å². The molecule has 4 rings (SSSR count). The number of rotatable bonds is 11. The number of fused-ring (bicyclic) bond motifs is 1. The number of carbonyl (C=O) groups is 1. The molecule has 3 heterocycles. The number of aromatic nitrogens is 3. The quantitative estimate of drug-likeness (QED) is 0.300. The molecule has 0 saturated carbocycles. The molecule has 1 saturated heterocycles. The molecule has 8 nitrogen and oxygen atoms in total. The summed E-state index contributed by atoms with van der Waals surface area (Å²) < 4.78 is 37.9. The van der Waals surface area contributed by atoms with E-state index in [9.17, 15) is 13.6 Å². The second kappa shape index (κ2) is 15.5. The zero-order valence-electron chi connectivity index (χ0n) is 24.0. The fraction of sp³-hybridized carbons (Fsp3) is 0.533. The molecule has 1 aliphatic heterocycles. The minimum absolute atomic E-state index is 0.219. The van der Waals surface area contributed by atoms with Crippen LogP contribution in [0.2, 0.25) is 0 Å². The lowest BCUT2D eigenvalue weighted by Gasteiger charge is -2.37. The molecule has 1 aromatic carbocycles. The van der Waals surface area contributed by atoms with Gasteiger partial charge >= 0.3 is 6.01 Å². The molecule has 0 radical (unpaired) electrons. The molecule has 1 aliphatic rings. The number of carbonyl (C=O) groups excluding carboxylic acids is 1. The number of piperidine rings is 1. The van der Waals surface area contributed by atoms with Crippen molar-refractivity contribution in [2.24, 2.45) is 0 Å². The number of benzene rings is 1. The van der Waals surface area contributed by atoms with Crippen molar-refractivity contribution in [3.63, 3.8) is 0 Å². The largest absolute Gasteiger partial charge is 0.464 e. The Balaban J connectivity index is 0.000000559. The van der Waals surface area contributed by atoms with Crippen molar-refractivity contribution in [3.05, 3.63) is 59.5 Å². The lowest BCUT2D eigenvalue weighted by atomic mass is 10.0. The molecular weight excluding hydrogens is 516 g/mol. The van der Waals surface area contributed by atoms with E-state index in [-0.39, 0.29) is 50.4 Å².